The van der Waals surface area contributed by atoms with Crippen molar-refractivity contribution in [1.29, 1.82) is 0 Å². The molecule has 0 saturated carbocycles. The third kappa shape index (κ3) is 5.13. The van der Waals surface area contributed by atoms with Crippen molar-refractivity contribution < 1.29 is 18.3 Å². The van der Waals surface area contributed by atoms with Crippen molar-refractivity contribution in [2.75, 3.05) is 11.9 Å². The fraction of sp³-hybridized carbons (Fsp3) is 0.333. The van der Waals surface area contributed by atoms with E-state index in [9.17, 15) is 8.78 Å². The molecule has 0 aliphatic carbocycles. The van der Waals surface area contributed by atoms with Crippen LogP contribution in [0.5, 0.6) is 17.2 Å². The molecular weight excluding hydrogens is 528 g/mol. The van der Waals surface area contributed by atoms with Gasteiger partial charge in [0.05, 0.1) is 17.4 Å². The fourth-order valence-electron chi connectivity index (χ4n) is 6.19. The number of alkyl halides is 2. The first-order valence-corrected chi connectivity index (χ1v) is 13.8. The minimum absolute atomic E-state index is 0.0456. The molecule has 0 unspecified atom stereocenters. The zero-order valence-electron chi connectivity index (χ0n) is 22.5. The van der Waals surface area contributed by atoms with Gasteiger partial charge in [0.15, 0.2) is 5.65 Å². The number of anilines is 2. The number of ether oxygens (including phenoxy) is 2. The maximum Gasteiger partial charge on any atom is 0.251 e. The number of hydrogen-bond acceptors (Lipinski definition) is 8. The molecule has 0 radical (unpaired) electrons. The zero-order valence-corrected chi connectivity index (χ0v) is 22.5. The van der Waals surface area contributed by atoms with E-state index in [0.717, 1.165) is 53.6 Å². The molecule has 2 aliphatic heterocycles. The van der Waals surface area contributed by atoms with Crippen molar-refractivity contribution in [2.45, 2.75) is 57.2 Å². The number of halogens is 2. The third-order valence-corrected chi connectivity index (χ3v) is 8.03. The minimum atomic E-state index is -2.31. The molecule has 2 fully saturated rings. The van der Waals surface area contributed by atoms with Gasteiger partial charge in [0.2, 0.25) is 0 Å². The number of piperidine rings is 1. The molecule has 3 atom stereocenters. The van der Waals surface area contributed by atoms with Crippen LogP contribution in [0.2, 0.25) is 0 Å². The van der Waals surface area contributed by atoms with Crippen LogP contribution in [0.1, 0.15) is 31.2 Å². The summed E-state index contributed by atoms with van der Waals surface area (Å²) in [6.07, 6.45) is 5.84. The first-order valence-electron chi connectivity index (χ1n) is 13.8. The standard InChI is InChI=1S/C30H29F2N7O2/c1-18-11-19(5-8-25(18)40-22-9-10-39-28(14-22)34-17-36-39)37-30-29-24(33-16-35-30)3-2-4-26(29)41-23-12-20-6-7-21(13-23)38(20)15-27(31)32/h2-5,8-11,14,16-17,20-21,23,27H,6-7,12-13,15H2,1H3,(H,33,35,37)/t20-,21+,23-. The number of aromatic nitrogens is 5. The highest BCUT2D eigenvalue weighted by atomic mass is 19.3. The van der Waals surface area contributed by atoms with Gasteiger partial charge in [0.25, 0.3) is 6.43 Å². The van der Waals surface area contributed by atoms with Gasteiger partial charge in [-0.05, 0) is 74.6 Å². The minimum Gasteiger partial charge on any atom is -0.489 e. The van der Waals surface area contributed by atoms with E-state index in [1.165, 1.54) is 12.7 Å². The van der Waals surface area contributed by atoms with Gasteiger partial charge in [0.1, 0.15) is 41.8 Å². The van der Waals surface area contributed by atoms with Crippen molar-refractivity contribution in [1.82, 2.24) is 29.5 Å². The Hall–Kier alpha value is -4.38. The van der Waals surface area contributed by atoms with Crippen LogP contribution in [0.15, 0.2) is 67.4 Å². The Morgan fingerprint density at radius 2 is 1.83 bits per heavy atom. The van der Waals surface area contributed by atoms with E-state index >= 15 is 0 Å². The summed E-state index contributed by atoms with van der Waals surface area (Å²) in [4.78, 5) is 15.2. The van der Waals surface area contributed by atoms with Crippen molar-refractivity contribution >= 4 is 28.1 Å². The van der Waals surface area contributed by atoms with Crippen LogP contribution in [-0.2, 0) is 0 Å². The second-order valence-electron chi connectivity index (χ2n) is 10.7. The first kappa shape index (κ1) is 25.6. The van der Waals surface area contributed by atoms with Gasteiger partial charge in [0, 0.05) is 30.0 Å². The van der Waals surface area contributed by atoms with Crippen LogP contribution in [0.25, 0.3) is 16.6 Å². The Balaban J connectivity index is 1.11. The lowest BCUT2D eigenvalue weighted by Crippen LogP contribution is -2.48. The molecule has 41 heavy (non-hydrogen) atoms. The molecule has 2 aliphatic rings. The SMILES string of the molecule is Cc1cc(Nc2ncnc3cccc(O[C@@H]4C[C@H]5CC[C@@H](C4)N5CC(F)F)c23)ccc1Oc1ccn2ncnc2c1. The summed E-state index contributed by atoms with van der Waals surface area (Å²) in [5.41, 5.74) is 3.25. The quantitative estimate of drug-likeness (QED) is 0.243. The maximum absolute atomic E-state index is 13.1. The van der Waals surface area contributed by atoms with Crippen LogP contribution in [-0.4, -0.2) is 60.6 Å². The number of fused-ring (bicyclic) bond motifs is 4. The lowest BCUT2D eigenvalue weighted by molar-refractivity contribution is 0.00794. The normalized spacial score (nSPS) is 20.6. The molecule has 3 aromatic heterocycles. The van der Waals surface area contributed by atoms with Gasteiger partial charge in [-0.15, -0.1) is 0 Å². The molecule has 5 aromatic rings. The predicted molar refractivity (Wildman–Crippen MR) is 150 cm³/mol. The molecule has 1 N–H and O–H groups in total. The van der Waals surface area contributed by atoms with Crippen LogP contribution in [0, 0.1) is 6.92 Å². The number of hydrogen-bond donors (Lipinski definition) is 1. The number of rotatable bonds is 8. The highest BCUT2D eigenvalue weighted by Gasteiger charge is 2.42. The molecule has 7 rings (SSSR count). The highest BCUT2D eigenvalue weighted by molar-refractivity contribution is 5.95. The van der Waals surface area contributed by atoms with Gasteiger partial charge in [-0.3, -0.25) is 4.90 Å². The van der Waals surface area contributed by atoms with Gasteiger partial charge >= 0.3 is 0 Å². The molecule has 0 amide bonds. The first-order chi connectivity index (χ1) is 20.0. The number of pyridine rings is 1. The third-order valence-electron chi connectivity index (χ3n) is 8.03. The lowest BCUT2D eigenvalue weighted by Gasteiger charge is -2.38. The van der Waals surface area contributed by atoms with Crippen molar-refractivity contribution in [3.63, 3.8) is 0 Å². The monoisotopic (exact) mass is 557 g/mol. The van der Waals surface area contributed by atoms with Crippen molar-refractivity contribution in [2.24, 2.45) is 0 Å². The average molecular weight is 558 g/mol. The highest BCUT2D eigenvalue weighted by Crippen LogP contribution is 2.40. The van der Waals surface area contributed by atoms with Gasteiger partial charge < -0.3 is 14.8 Å². The number of benzene rings is 2. The average Bonchev–Trinajstić information content (AvgIpc) is 3.50. The molecule has 9 nitrogen and oxygen atoms in total. The topological polar surface area (TPSA) is 89.7 Å². The van der Waals surface area contributed by atoms with Crippen LogP contribution < -0.4 is 14.8 Å². The molecule has 11 heteroatoms. The lowest BCUT2D eigenvalue weighted by atomic mass is 9.99. The van der Waals surface area contributed by atoms with Crippen molar-refractivity contribution in [3.8, 4) is 17.2 Å². The Morgan fingerprint density at radius 3 is 2.63 bits per heavy atom. The maximum atomic E-state index is 13.1. The van der Waals surface area contributed by atoms with E-state index in [0.29, 0.717) is 23.0 Å². The summed E-state index contributed by atoms with van der Waals surface area (Å²) in [6, 6.07) is 15.6. The van der Waals surface area contributed by atoms with Crippen molar-refractivity contribution in [3.05, 3.63) is 72.9 Å². The Morgan fingerprint density at radius 1 is 0.976 bits per heavy atom. The van der Waals surface area contributed by atoms with E-state index in [2.05, 4.69) is 25.4 Å². The summed E-state index contributed by atoms with van der Waals surface area (Å²) >= 11 is 0. The molecule has 0 spiro atoms. The molecule has 2 aromatic carbocycles. The van der Waals surface area contributed by atoms with Gasteiger partial charge in [-0.2, -0.15) is 5.10 Å². The number of nitrogens with zero attached hydrogens (tertiary/aromatic N) is 6. The van der Waals surface area contributed by atoms with Crippen LogP contribution in [0.4, 0.5) is 20.3 Å². The summed E-state index contributed by atoms with van der Waals surface area (Å²) in [5, 5.41) is 8.34. The smallest absolute Gasteiger partial charge is 0.251 e. The summed E-state index contributed by atoms with van der Waals surface area (Å²) < 4.78 is 40.6. The molecular formula is C30H29F2N7O2. The molecule has 2 bridgehead atoms. The Bertz CT molecular complexity index is 1690. The largest absolute Gasteiger partial charge is 0.489 e. The summed E-state index contributed by atoms with van der Waals surface area (Å²) in [6.45, 7) is 1.83. The molecule has 5 heterocycles. The second-order valence-corrected chi connectivity index (χ2v) is 10.7. The molecule has 210 valence electrons. The summed E-state index contributed by atoms with van der Waals surface area (Å²) in [5.74, 6) is 2.72. The van der Waals surface area contributed by atoms with E-state index in [4.69, 9.17) is 9.47 Å². The number of aryl methyl sites for hydroxylation is 1. The second kappa shape index (κ2) is 10.5. The van der Waals surface area contributed by atoms with E-state index < -0.39 is 6.43 Å². The Kier molecular flexibility index (Phi) is 6.58. The van der Waals surface area contributed by atoms with E-state index in [-0.39, 0.29) is 24.7 Å². The van der Waals surface area contributed by atoms with Crippen LogP contribution in [0.3, 0.4) is 0 Å². The number of nitrogens with one attached hydrogen (secondary N) is 1. The molecule has 2 saturated heterocycles. The Labute approximate surface area is 235 Å². The van der Waals surface area contributed by atoms with E-state index in [1.807, 2.05) is 60.4 Å². The van der Waals surface area contributed by atoms with Gasteiger partial charge in [-0.1, -0.05) is 6.07 Å². The zero-order chi connectivity index (χ0) is 27.9. The van der Waals surface area contributed by atoms with E-state index in [1.54, 1.807) is 10.7 Å². The summed E-state index contributed by atoms with van der Waals surface area (Å²) in [7, 11) is 0. The predicted octanol–water partition coefficient (Wildman–Crippen LogP) is 6.16. The van der Waals surface area contributed by atoms with Gasteiger partial charge in [-0.25, -0.2) is 28.2 Å². The van der Waals surface area contributed by atoms with Crippen LogP contribution >= 0.6 is 0 Å². The fourth-order valence-corrected chi connectivity index (χ4v) is 6.19.